The summed E-state index contributed by atoms with van der Waals surface area (Å²) in [5.41, 5.74) is 3.64. The highest BCUT2D eigenvalue weighted by molar-refractivity contribution is 7.71. The van der Waals surface area contributed by atoms with Crippen LogP contribution in [-0.2, 0) is 0 Å². The van der Waals surface area contributed by atoms with Gasteiger partial charge in [-0.3, -0.25) is 0 Å². The second-order valence-electron chi connectivity index (χ2n) is 5.14. The third-order valence-electron chi connectivity index (χ3n) is 4.01. The van der Waals surface area contributed by atoms with Crippen LogP contribution in [0.2, 0.25) is 0 Å². The van der Waals surface area contributed by atoms with Gasteiger partial charge in [-0.2, -0.15) is 0 Å². The number of rotatable bonds is 4. The van der Waals surface area contributed by atoms with Gasteiger partial charge in [0.25, 0.3) is 0 Å². The Hall–Kier alpha value is -1.09. The Balaban J connectivity index is 2.56. The standard InChI is InChI=1S/C15H22N2S/c1-5-12(6-2)11(4)17-14-8-7-10(3)9-13(14)16-15(17)18/h7-9,11-12H,5-6H2,1-4H3,(H,16,18). The van der Waals surface area contributed by atoms with E-state index in [2.05, 4.69) is 55.4 Å². The molecule has 1 atom stereocenters. The maximum atomic E-state index is 5.49. The average Bonchev–Trinajstić information content (AvgIpc) is 2.65. The molecule has 1 heterocycles. The van der Waals surface area contributed by atoms with Crippen LogP contribution in [0.15, 0.2) is 18.2 Å². The maximum Gasteiger partial charge on any atom is 0.178 e. The number of aryl methyl sites for hydroxylation is 1. The van der Waals surface area contributed by atoms with Crippen LogP contribution < -0.4 is 0 Å². The van der Waals surface area contributed by atoms with Crippen LogP contribution in [0.1, 0.15) is 45.2 Å². The number of aromatic amines is 1. The van der Waals surface area contributed by atoms with Gasteiger partial charge >= 0.3 is 0 Å². The molecule has 18 heavy (non-hydrogen) atoms. The van der Waals surface area contributed by atoms with Crippen molar-refractivity contribution in [1.82, 2.24) is 9.55 Å². The summed E-state index contributed by atoms with van der Waals surface area (Å²) in [6.45, 7) is 8.90. The Morgan fingerprint density at radius 1 is 1.28 bits per heavy atom. The van der Waals surface area contributed by atoms with Gasteiger partial charge in [-0.1, -0.05) is 32.8 Å². The third-order valence-corrected chi connectivity index (χ3v) is 4.31. The number of imidazole rings is 1. The molecular weight excluding hydrogens is 240 g/mol. The van der Waals surface area contributed by atoms with Gasteiger partial charge in [-0.05, 0) is 49.7 Å². The van der Waals surface area contributed by atoms with Crippen LogP contribution in [0.5, 0.6) is 0 Å². The lowest BCUT2D eigenvalue weighted by molar-refractivity contribution is 0.337. The number of hydrogen-bond donors (Lipinski definition) is 1. The molecule has 0 radical (unpaired) electrons. The molecule has 2 aromatic rings. The molecule has 2 nitrogen and oxygen atoms in total. The smallest absolute Gasteiger partial charge is 0.178 e. The van der Waals surface area contributed by atoms with Crippen LogP contribution in [0, 0.1) is 17.6 Å². The molecule has 3 heteroatoms. The average molecular weight is 262 g/mol. The van der Waals surface area contributed by atoms with Gasteiger partial charge in [0.1, 0.15) is 0 Å². The van der Waals surface area contributed by atoms with Crippen LogP contribution in [0.4, 0.5) is 0 Å². The van der Waals surface area contributed by atoms with E-state index in [1.165, 1.54) is 23.9 Å². The summed E-state index contributed by atoms with van der Waals surface area (Å²) >= 11 is 5.49. The lowest BCUT2D eigenvalue weighted by atomic mass is 9.95. The lowest BCUT2D eigenvalue weighted by Gasteiger charge is -2.23. The van der Waals surface area contributed by atoms with E-state index in [-0.39, 0.29) is 0 Å². The Labute approximate surface area is 114 Å². The van der Waals surface area contributed by atoms with Crippen molar-refractivity contribution in [3.05, 3.63) is 28.5 Å². The quantitative estimate of drug-likeness (QED) is 0.769. The summed E-state index contributed by atoms with van der Waals surface area (Å²) in [7, 11) is 0. The van der Waals surface area contributed by atoms with Crippen molar-refractivity contribution in [3.8, 4) is 0 Å². The number of fused-ring (bicyclic) bond motifs is 1. The summed E-state index contributed by atoms with van der Waals surface area (Å²) in [5.74, 6) is 0.678. The van der Waals surface area contributed by atoms with E-state index in [4.69, 9.17) is 12.2 Å². The molecule has 1 unspecified atom stereocenters. The first-order chi connectivity index (χ1) is 8.58. The van der Waals surface area contributed by atoms with Crippen LogP contribution >= 0.6 is 12.2 Å². The fourth-order valence-corrected chi connectivity index (χ4v) is 3.21. The van der Waals surface area contributed by atoms with Crippen LogP contribution in [0.25, 0.3) is 11.0 Å². The molecule has 0 aliphatic rings. The summed E-state index contributed by atoms with van der Waals surface area (Å²) in [6, 6.07) is 6.95. The fourth-order valence-electron chi connectivity index (χ4n) is 2.83. The number of H-pyrrole nitrogens is 1. The molecule has 0 aliphatic heterocycles. The molecule has 0 bridgehead atoms. The number of nitrogens with one attached hydrogen (secondary N) is 1. The van der Waals surface area contributed by atoms with Gasteiger partial charge in [0.2, 0.25) is 0 Å². The highest BCUT2D eigenvalue weighted by Gasteiger charge is 2.18. The molecular formula is C15H22N2S. The number of aromatic nitrogens is 2. The first kappa shape index (κ1) is 13.3. The molecule has 2 rings (SSSR count). The van der Waals surface area contributed by atoms with E-state index < -0.39 is 0 Å². The van der Waals surface area contributed by atoms with Crippen molar-refractivity contribution >= 4 is 23.3 Å². The highest BCUT2D eigenvalue weighted by Crippen LogP contribution is 2.28. The monoisotopic (exact) mass is 262 g/mol. The maximum absolute atomic E-state index is 5.49. The predicted octanol–water partition coefficient (Wildman–Crippen LogP) is 5.00. The third kappa shape index (κ3) is 2.24. The summed E-state index contributed by atoms with van der Waals surface area (Å²) in [6.07, 6.45) is 2.38. The van der Waals surface area contributed by atoms with E-state index >= 15 is 0 Å². The topological polar surface area (TPSA) is 20.7 Å². The molecule has 0 amide bonds. The molecule has 0 fully saturated rings. The summed E-state index contributed by atoms with van der Waals surface area (Å²) in [4.78, 5) is 3.33. The van der Waals surface area contributed by atoms with Gasteiger partial charge in [0.05, 0.1) is 11.0 Å². The van der Waals surface area contributed by atoms with Gasteiger partial charge < -0.3 is 9.55 Å². The lowest BCUT2D eigenvalue weighted by Crippen LogP contribution is -2.15. The highest BCUT2D eigenvalue weighted by atomic mass is 32.1. The molecule has 1 aromatic heterocycles. The molecule has 98 valence electrons. The Bertz CT molecular complexity index is 590. The second-order valence-corrected chi connectivity index (χ2v) is 5.52. The summed E-state index contributed by atoms with van der Waals surface area (Å²) in [5, 5.41) is 0. The predicted molar refractivity (Wildman–Crippen MR) is 80.6 cm³/mol. The molecule has 0 aliphatic carbocycles. The normalized spacial score (nSPS) is 13.4. The van der Waals surface area contributed by atoms with Gasteiger partial charge in [-0.25, -0.2) is 0 Å². The van der Waals surface area contributed by atoms with Crippen molar-refractivity contribution in [2.75, 3.05) is 0 Å². The second kappa shape index (κ2) is 5.27. The number of hydrogen-bond acceptors (Lipinski definition) is 1. The van der Waals surface area contributed by atoms with Crippen LogP contribution in [0.3, 0.4) is 0 Å². The van der Waals surface area contributed by atoms with Gasteiger partial charge in [0.15, 0.2) is 4.77 Å². The minimum Gasteiger partial charge on any atom is -0.331 e. The minimum atomic E-state index is 0.448. The zero-order valence-corrected chi connectivity index (χ0v) is 12.5. The van der Waals surface area contributed by atoms with E-state index in [0.29, 0.717) is 12.0 Å². The fraction of sp³-hybridized carbons (Fsp3) is 0.533. The Morgan fingerprint density at radius 3 is 2.56 bits per heavy atom. The minimum absolute atomic E-state index is 0.448. The van der Waals surface area contributed by atoms with E-state index in [1.807, 2.05) is 0 Å². The molecule has 1 N–H and O–H groups in total. The van der Waals surface area contributed by atoms with Crippen molar-refractivity contribution in [1.29, 1.82) is 0 Å². The van der Waals surface area contributed by atoms with Crippen molar-refractivity contribution in [2.24, 2.45) is 5.92 Å². The van der Waals surface area contributed by atoms with Gasteiger partial charge in [-0.15, -0.1) is 0 Å². The first-order valence-electron chi connectivity index (χ1n) is 6.79. The molecule has 0 saturated carbocycles. The Kier molecular flexibility index (Phi) is 3.91. The molecule has 1 aromatic carbocycles. The van der Waals surface area contributed by atoms with Gasteiger partial charge in [0, 0.05) is 6.04 Å². The molecule has 0 saturated heterocycles. The van der Waals surface area contributed by atoms with Crippen LogP contribution in [-0.4, -0.2) is 9.55 Å². The van der Waals surface area contributed by atoms with Crippen molar-refractivity contribution in [2.45, 2.75) is 46.6 Å². The van der Waals surface area contributed by atoms with E-state index in [0.717, 1.165) is 10.3 Å². The van der Waals surface area contributed by atoms with Crippen molar-refractivity contribution in [3.63, 3.8) is 0 Å². The van der Waals surface area contributed by atoms with E-state index in [1.54, 1.807) is 0 Å². The molecule has 0 spiro atoms. The number of nitrogens with zero attached hydrogens (tertiary/aromatic N) is 1. The summed E-state index contributed by atoms with van der Waals surface area (Å²) < 4.78 is 3.12. The first-order valence-corrected chi connectivity index (χ1v) is 7.20. The zero-order chi connectivity index (χ0) is 13.3. The Morgan fingerprint density at radius 2 is 1.94 bits per heavy atom. The SMILES string of the molecule is CCC(CC)C(C)n1c(=S)[nH]c2cc(C)ccc21. The van der Waals surface area contributed by atoms with E-state index in [9.17, 15) is 0 Å². The largest absolute Gasteiger partial charge is 0.331 e. The zero-order valence-electron chi connectivity index (χ0n) is 11.7. The van der Waals surface area contributed by atoms with Crippen molar-refractivity contribution < 1.29 is 0 Å². The number of benzene rings is 1.